The van der Waals surface area contributed by atoms with Gasteiger partial charge in [-0.3, -0.25) is 4.79 Å². The van der Waals surface area contributed by atoms with Crippen LogP contribution in [0.1, 0.15) is 18.6 Å². The van der Waals surface area contributed by atoms with E-state index in [4.69, 9.17) is 20.6 Å². The highest BCUT2D eigenvalue weighted by Crippen LogP contribution is 2.34. The lowest BCUT2D eigenvalue weighted by Gasteiger charge is -2.22. The molecule has 0 aliphatic rings. The number of terminal acetylenes is 1. The molecule has 0 saturated heterocycles. The number of halogens is 1. The molecule has 2 atom stereocenters. The molecular formula is C15H17IO4. The molecule has 1 rings (SSSR count). The van der Waals surface area contributed by atoms with Gasteiger partial charge < -0.3 is 14.2 Å². The first kappa shape index (κ1) is 16.8. The van der Waals surface area contributed by atoms with Gasteiger partial charge in [0.2, 0.25) is 0 Å². The molecule has 0 radical (unpaired) electrons. The van der Waals surface area contributed by atoms with E-state index < -0.39 is 6.10 Å². The van der Waals surface area contributed by atoms with Crippen LogP contribution in [-0.4, -0.2) is 30.5 Å². The fraction of sp³-hybridized carbons (Fsp3) is 0.400. The Labute approximate surface area is 132 Å². The zero-order valence-corrected chi connectivity index (χ0v) is 13.8. The second-order valence-electron chi connectivity index (χ2n) is 4.06. The normalized spacial score (nSPS) is 13.2. The van der Waals surface area contributed by atoms with E-state index in [1.54, 1.807) is 26.4 Å². The number of hydrogen-bond donors (Lipinski definition) is 0. The van der Waals surface area contributed by atoms with Crippen molar-refractivity contribution in [1.29, 1.82) is 0 Å². The van der Waals surface area contributed by atoms with Crippen molar-refractivity contribution in [1.82, 2.24) is 0 Å². The zero-order valence-electron chi connectivity index (χ0n) is 11.7. The van der Waals surface area contributed by atoms with Gasteiger partial charge >= 0.3 is 0 Å². The van der Waals surface area contributed by atoms with Crippen molar-refractivity contribution in [2.75, 3.05) is 20.8 Å². The summed E-state index contributed by atoms with van der Waals surface area (Å²) in [7, 11) is 3.13. The molecule has 0 heterocycles. The Morgan fingerprint density at radius 2 is 2.00 bits per heavy atom. The van der Waals surface area contributed by atoms with Crippen LogP contribution in [0.5, 0.6) is 11.5 Å². The highest BCUT2D eigenvalue weighted by molar-refractivity contribution is 14.1. The molecule has 0 aromatic heterocycles. The third kappa shape index (κ3) is 4.12. The Kier molecular flexibility index (Phi) is 6.82. The molecule has 0 saturated carbocycles. The van der Waals surface area contributed by atoms with Gasteiger partial charge in [0.15, 0.2) is 11.5 Å². The number of Topliss-reactive ketones (excluding diaryl/α,β-unsaturated/α-hetero) is 1. The minimum atomic E-state index is -0.413. The fourth-order valence-electron chi connectivity index (χ4n) is 1.73. The summed E-state index contributed by atoms with van der Waals surface area (Å²) in [5.74, 6) is 3.66. The van der Waals surface area contributed by atoms with Gasteiger partial charge in [-0.2, -0.15) is 0 Å². The topological polar surface area (TPSA) is 44.8 Å². The number of carbonyl (C=O) groups excluding carboxylic acids is 1. The maximum Gasteiger partial charge on any atom is 0.161 e. The van der Waals surface area contributed by atoms with Gasteiger partial charge in [0.25, 0.3) is 0 Å². The molecule has 0 N–H and O–H groups in total. The Morgan fingerprint density at radius 1 is 1.35 bits per heavy atom. The highest BCUT2D eigenvalue weighted by atomic mass is 127. The van der Waals surface area contributed by atoms with Crippen LogP contribution in [-0.2, 0) is 9.53 Å². The zero-order chi connectivity index (χ0) is 15.1. The van der Waals surface area contributed by atoms with Crippen LogP contribution in [0.25, 0.3) is 0 Å². The lowest BCUT2D eigenvalue weighted by Crippen LogP contribution is -2.22. The van der Waals surface area contributed by atoms with Gasteiger partial charge in [-0.15, -0.1) is 6.42 Å². The molecule has 2 unspecified atom stereocenters. The predicted molar refractivity (Wildman–Crippen MR) is 85.6 cm³/mol. The molecule has 0 spiro atoms. The van der Waals surface area contributed by atoms with Crippen LogP contribution in [0, 0.1) is 12.3 Å². The number of ether oxygens (including phenoxy) is 3. The van der Waals surface area contributed by atoms with E-state index in [1.807, 2.05) is 6.07 Å². The second-order valence-corrected chi connectivity index (χ2v) is 5.40. The molecule has 0 aliphatic heterocycles. The molecule has 1 aromatic rings. The standard InChI is InChI=1S/C15H17IO4/c1-5-8-20-15(14(16)10(2)17)11-6-7-12(18-3)13(9-11)19-4/h1,6-7,9,14-15H,8H2,2-4H3. The summed E-state index contributed by atoms with van der Waals surface area (Å²) >= 11 is 2.06. The van der Waals surface area contributed by atoms with Gasteiger partial charge in [0, 0.05) is 0 Å². The van der Waals surface area contributed by atoms with Crippen LogP contribution >= 0.6 is 22.6 Å². The summed E-state index contributed by atoms with van der Waals surface area (Å²) in [6.45, 7) is 1.68. The third-order valence-corrected chi connectivity index (χ3v) is 4.27. The molecule has 108 valence electrons. The number of ketones is 1. The summed E-state index contributed by atoms with van der Waals surface area (Å²) in [6, 6.07) is 5.43. The molecule has 0 amide bonds. The van der Waals surface area contributed by atoms with Crippen molar-refractivity contribution in [3.63, 3.8) is 0 Å². The molecule has 0 fully saturated rings. The average Bonchev–Trinajstić information content (AvgIpc) is 2.46. The predicted octanol–water partition coefficient (Wildman–Crippen LogP) is 2.79. The van der Waals surface area contributed by atoms with E-state index >= 15 is 0 Å². The van der Waals surface area contributed by atoms with E-state index in [9.17, 15) is 4.79 Å². The van der Waals surface area contributed by atoms with E-state index in [-0.39, 0.29) is 16.3 Å². The Bertz CT molecular complexity index is 507. The molecule has 20 heavy (non-hydrogen) atoms. The molecule has 4 nitrogen and oxygen atoms in total. The van der Waals surface area contributed by atoms with Gasteiger partial charge in [-0.05, 0) is 24.6 Å². The lowest BCUT2D eigenvalue weighted by atomic mass is 10.0. The van der Waals surface area contributed by atoms with Gasteiger partial charge in [-0.25, -0.2) is 0 Å². The smallest absolute Gasteiger partial charge is 0.161 e. The average molecular weight is 388 g/mol. The first-order valence-electron chi connectivity index (χ1n) is 5.96. The first-order chi connectivity index (χ1) is 9.54. The van der Waals surface area contributed by atoms with Crippen molar-refractivity contribution in [3.05, 3.63) is 23.8 Å². The number of hydrogen-bond acceptors (Lipinski definition) is 4. The molecule has 0 bridgehead atoms. The minimum absolute atomic E-state index is 0.0300. The van der Waals surface area contributed by atoms with Crippen molar-refractivity contribution >= 4 is 28.4 Å². The van der Waals surface area contributed by atoms with Crippen molar-refractivity contribution < 1.29 is 19.0 Å². The summed E-state index contributed by atoms with van der Waals surface area (Å²) in [4.78, 5) is 11.6. The Morgan fingerprint density at radius 3 is 2.50 bits per heavy atom. The van der Waals surface area contributed by atoms with Crippen molar-refractivity contribution in [2.45, 2.75) is 17.0 Å². The molecular weight excluding hydrogens is 371 g/mol. The number of carbonyl (C=O) groups is 1. The summed E-state index contributed by atoms with van der Waals surface area (Å²) in [5, 5.41) is 0. The fourth-order valence-corrected chi connectivity index (χ4v) is 2.35. The molecule has 1 aromatic carbocycles. The maximum atomic E-state index is 11.6. The van der Waals surface area contributed by atoms with Gasteiger partial charge in [0.05, 0.1) is 18.1 Å². The van der Waals surface area contributed by atoms with Crippen molar-refractivity contribution in [2.24, 2.45) is 0 Å². The number of alkyl halides is 1. The Hall–Kier alpha value is -1.26. The van der Waals surface area contributed by atoms with Gasteiger partial charge in [-0.1, -0.05) is 34.6 Å². The van der Waals surface area contributed by atoms with Crippen LogP contribution in [0.15, 0.2) is 18.2 Å². The number of rotatable bonds is 7. The summed E-state index contributed by atoms with van der Waals surface area (Å²) in [5.41, 5.74) is 0.826. The molecule has 0 aliphatic carbocycles. The largest absolute Gasteiger partial charge is 0.493 e. The second kappa shape index (κ2) is 8.12. The van der Waals surface area contributed by atoms with E-state index in [0.29, 0.717) is 11.5 Å². The monoisotopic (exact) mass is 388 g/mol. The number of benzene rings is 1. The molecule has 5 heteroatoms. The van der Waals surface area contributed by atoms with E-state index in [1.165, 1.54) is 6.92 Å². The maximum absolute atomic E-state index is 11.6. The first-order valence-corrected chi connectivity index (χ1v) is 7.21. The SMILES string of the molecule is C#CCOC(c1ccc(OC)c(OC)c1)C(I)C(C)=O. The van der Waals surface area contributed by atoms with E-state index in [0.717, 1.165) is 5.56 Å². The van der Waals surface area contributed by atoms with Crippen LogP contribution in [0.3, 0.4) is 0 Å². The highest BCUT2D eigenvalue weighted by Gasteiger charge is 2.26. The van der Waals surface area contributed by atoms with Gasteiger partial charge in [0.1, 0.15) is 18.5 Å². The Balaban J connectivity index is 3.13. The van der Waals surface area contributed by atoms with Crippen LogP contribution < -0.4 is 9.47 Å². The van der Waals surface area contributed by atoms with Crippen molar-refractivity contribution in [3.8, 4) is 23.8 Å². The van der Waals surface area contributed by atoms with Crippen LogP contribution in [0.2, 0.25) is 0 Å². The lowest BCUT2D eigenvalue weighted by molar-refractivity contribution is -0.118. The number of methoxy groups -OCH3 is 2. The summed E-state index contributed by atoms with van der Waals surface area (Å²) in [6.07, 6.45) is 4.81. The van der Waals surface area contributed by atoms with Crippen LogP contribution in [0.4, 0.5) is 0 Å². The van der Waals surface area contributed by atoms with E-state index in [2.05, 4.69) is 28.5 Å². The third-order valence-electron chi connectivity index (χ3n) is 2.74. The summed E-state index contributed by atoms with van der Waals surface area (Å²) < 4.78 is 15.7. The quantitative estimate of drug-likeness (QED) is 0.410. The minimum Gasteiger partial charge on any atom is -0.493 e.